The van der Waals surface area contributed by atoms with Crippen molar-refractivity contribution >= 4 is 0 Å². The van der Waals surface area contributed by atoms with Crippen LogP contribution in [0.4, 0.5) is 0 Å². The number of rotatable bonds is 5. The largest absolute Gasteiger partial charge is 0.375 e. The lowest BCUT2D eigenvalue weighted by molar-refractivity contribution is -0.0362. The van der Waals surface area contributed by atoms with E-state index < -0.39 is 0 Å². The molecule has 0 saturated carbocycles. The molecule has 18 heavy (non-hydrogen) atoms. The Labute approximate surface area is 114 Å². The van der Waals surface area contributed by atoms with E-state index in [2.05, 4.69) is 44.2 Å². The van der Waals surface area contributed by atoms with E-state index in [1.807, 2.05) is 13.8 Å². The zero-order valence-corrected chi connectivity index (χ0v) is 13.2. The first-order valence-electron chi connectivity index (χ1n) is 7.28. The van der Waals surface area contributed by atoms with Gasteiger partial charge in [0.05, 0.1) is 12.7 Å². The Bertz CT molecular complexity index is 229. The number of allylic oxidation sites excluding steroid dienone is 1. The molecule has 1 saturated heterocycles. The third kappa shape index (κ3) is 5.87. The van der Waals surface area contributed by atoms with E-state index in [-0.39, 0.29) is 0 Å². The first-order valence-corrected chi connectivity index (χ1v) is 7.28. The fourth-order valence-corrected chi connectivity index (χ4v) is 2.04. The highest BCUT2D eigenvalue weighted by atomic mass is 16.5. The Kier molecular flexibility index (Phi) is 9.12. The van der Waals surface area contributed by atoms with Crippen LogP contribution < -0.4 is 0 Å². The minimum atomic E-state index is 0.328. The van der Waals surface area contributed by atoms with Gasteiger partial charge in [-0.05, 0) is 12.5 Å². The molecule has 1 fully saturated rings. The molecular weight excluding hydrogens is 224 g/mol. The van der Waals surface area contributed by atoms with Crippen LogP contribution in [0.3, 0.4) is 0 Å². The van der Waals surface area contributed by atoms with Gasteiger partial charge in [-0.2, -0.15) is 0 Å². The summed E-state index contributed by atoms with van der Waals surface area (Å²) < 4.78 is 5.79. The molecule has 0 bridgehead atoms. The molecular formula is C15H32N2O. The average Bonchev–Trinajstić information content (AvgIpc) is 2.40. The van der Waals surface area contributed by atoms with Crippen molar-refractivity contribution in [3.8, 4) is 0 Å². The highest BCUT2D eigenvalue weighted by molar-refractivity contribution is 4.96. The molecule has 0 N–H and O–H groups in total. The number of likely N-dealkylation sites (N-methyl/N-ethyl adjacent to an activating group) is 2. The molecule has 0 aromatic carbocycles. The molecule has 0 aromatic rings. The van der Waals surface area contributed by atoms with Gasteiger partial charge in [0, 0.05) is 32.4 Å². The van der Waals surface area contributed by atoms with Gasteiger partial charge < -0.3 is 9.64 Å². The molecule has 0 amide bonds. The van der Waals surface area contributed by atoms with E-state index in [1.54, 1.807) is 0 Å². The van der Waals surface area contributed by atoms with Gasteiger partial charge in [0.2, 0.25) is 0 Å². The minimum Gasteiger partial charge on any atom is -0.375 e. The van der Waals surface area contributed by atoms with Gasteiger partial charge in [-0.15, -0.1) is 0 Å². The Morgan fingerprint density at radius 3 is 2.56 bits per heavy atom. The first-order chi connectivity index (χ1) is 8.54. The third-order valence-electron chi connectivity index (χ3n) is 3.30. The molecule has 1 atom stereocenters. The van der Waals surface area contributed by atoms with Crippen molar-refractivity contribution in [3.05, 3.63) is 12.3 Å². The van der Waals surface area contributed by atoms with Gasteiger partial charge in [0.25, 0.3) is 0 Å². The Morgan fingerprint density at radius 2 is 2.06 bits per heavy atom. The molecule has 0 aromatic heterocycles. The van der Waals surface area contributed by atoms with Crippen LogP contribution in [-0.4, -0.2) is 55.7 Å². The quantitative estimate of drug-likeness (QED) is 0.752. The number of nitrogens with zero attached hydrogens (tertiary/aromatic N) is 2. The number of hydrogen-bond acceptors (Lipinski definition) is 3. The summed E-state index contributed by atoms with van der Waals surface area (Å²) in [5, 5.41) is 0. The van der Waals surface area contributed by atoms with Crippen LogP contribution >= 0.6 is 0 Å². The molecule has 1 aliphatic rings. The molecule has 3 nitrogen and oxygen atoms in total. The molecule has 0 spiro atoms. The lowest BCUT2D eigenvalue weighted by Gasteiger charge is -2.35. The summed E-state index contributed by atoms with van der Waals surface area (Å²) in [6, 6.07) is 0. The van der Waals surface area contributed by atoms with Gasteiger partial charge in [-0.25, -0.2) is 0 Å². The van der Waals surface area contributed by atoms with E-state index in [0.29, 0.717) is 12.0 Å². The predicted molar refractivity (Wildman–Crippen MR) is 79.8 cm³/mol. The standard InChI is InChI=1S/C13H26N2O.C2H6/c1-6-15-7-8-16-13(10-15)9-14(5)12(4)11(2)3;1-2/h11,13H,4,6-10H2,1-3,5H3;1-2H3. The highest BCUT2D eigenvalue weighted by Gasteiger charge is 2.21. The van der Waals surface area contributed by atoms with E-state index in [0.717, 1.165) is 32.8 Å². The molecule has 1 heterocycles. The second kappa shape index (κ2) is 9.40. The van der Waals surface area contributed by atoms with Crippen LogP contribution in [0.5, 0.6) is 0 Å². The second-order valence-corrected chi connectivity index (χ2v) is 4.91. The Hall–Kier alpha value is -0.540. The maximum atomic E-state index is 5.79. The van der Waals surface area contributed by atoms with E-state index >= 15 is 0 Å². The molecule has 1 unspecified atom stereocenters. The maximum Gasteiger partial charge on any atom is 0.0876 e. The second-order valence-electron chi connectivity index (χ2n) is 4.91. The fraction of sp³-hybridized carbons (Fsp3) is 0.867. The van der Waals surface area contributed by atoms with E-state index in [1.165, 1.54) is 5.70 Å². The van der Waals surface area contributed by atoms with Crippen molar-refractivity contribution in [3.63, 3.8) is 0 Å². The fourth-order valence-electron chi connectivity index (χ4n) is 2.04. The smallest absolute Gasteiger partial charge is 0.0876 e. The number of ether oxygens (including phenoxy) is 1. The van der Waals surface area contributed by atoms with Crippen LogP contribution in [0.1, 0.15) is 34.6 Å². The summed E-state index contributed by atoms with van der Waals surface area (Å²) in [5.74, 6) is 0.510. The topological polar surface area (TPSA) is 15.7 Å². The summed E-state index contributed by atoms with van der Waals surface area (Å²) in [6.45, 7) is 19.7. The summed E-state index contributed by atoms with van der Waals surface area (Å²) in [7, 11) is 2.11. The number of morpholine rings is 1. The third-order valence-corrected chi connectivity index (χ3v) is 3.30. The summed E-state index contributed by atoms with van der Waals surface area (Å²) in [4.78, 5) is 4.68. The average molecular weight is 256 g/mol. The van der Waals surface area contributed by atoms with Crippen LogP contribution in [0, 0.1) is 5.92 Å². The van der Waals surface area contributed by atoms with Gasteiger partial charge in [0.15, 0.2) is 0 Å². The highest BCUT2D eigenvalue weighted by Crippen LogP contribution is 2.13. The minimum absolute atomic E-state index is 0.328. The van der Waals surface area contributed by atoms with E-state index in [4.69, 9.17) is 4.74 Å². The maximum absolute atomic E-state index is 5.79. The van der Waals surface area contributed by atoms with E-state index in [9.17, 15) is 0 Å². The number of hydrogen-bond donors (Lipinski definition) is 0. The predicted octanol–water partition coefficient (Wildman–Crippen LogP) is 2.83. The van der Waals surface area contributed by atoms with Crippen LogP contribution in [0.25, 0.3) is 0 Å². The van der Waals surface area contributed by atoms with Crippen LogP contribution in [0.2, 0.25) is 0 Å². The van der Waals surface area contributed by atoms with Gasteiger partial charge in [-0.3, -0.25) is 4.90 Å². The Morgan fingerprint density at radius 1 is 1.44 bits per heavy atom. The van der Waals surface area contributed by atoms with Gasteiger partial charge in [-0.1, -0.05) is 41.2 Å². The lowest BCUT2D eigenvalue weighted by atomic mass is 10.1. The molecule has 0 aliphatic carbocycles. The summed E-state index contributed by atoms with van der Waals surface area (Å²) >= 11 is 0. The van der Waals surface area contributed by atoms with Gasteiger partial charge >= 0.3 is 0 Å². The van der Waals surface area contributed by atoms with Crippen molar-refractivity contribution in [1.82, 2.24) is 9.80 Å². The van der Waals surface area contributed by atoms with Crippen LogP contribution in [-0.2, 0) is 4.74 Å². The van der Waals surface area contributed by atoms with Crippen molar-refractivity contribution in [1.29, 1.82) is 0 Å². The summed E-state index contributed by atoms with van der Waals surface area (Å²) in [5.41, 5.74) is 1.19. The monoisotopic (exact) mass is 256 g/mol. The summed E-state index contributed by atoms with van der Waals surface area (Å²) in [6.07, 6.45) is 0.328. The SMILES string of the molecule is C=C(C(C)C)N(C)CC1CN(CC)CCO1.CC. The van der Waals surface area contributed by atoms with Gasteiger partial charge in [0.1, 0.15) is 0 Å². The van der Waals surface area contributed by atoms with Crippen molar-refractivity contribution < 1.29 is 4.74 Å². The zero-order chi connectivity index (χ0) is 14.1. The zero-order valence-electron chi connectivity index (χ0n) is 13.2. The van der Waals surface area contributed by atoms with Crippen molar-refractivity contribution in [2.24, 2.45) is 5.92 Å². The molecule has 3 heteroatoms. The van der Waals surface area contributed by atoms with Crippen molar-refractivity contribution in [2.75, 3.05) is 39.8 Å². The van der Waals surface area contributed by atoms with Crippen molar-refractivity contribution in [2.45, 2.75) is 40.7 Å². The lowest BCUT2D eigenvalue weighted by Crippen LogP contribution is -2.46. The normalized spacial score (nSPS) is 20.3. The first kappa shape index (κ1) is 17.5. The molecule has 1 rings (SSSR count). The molecule has 1 aliphatic heterocycles. The Balaban J connectivity index is 0.00000137. The molecule has 0 radical (unpaired) electrons. The van der Waals surface area contributed by atoms with Crippen LogP contribution in [0.15, 0.2) is 12.3 Å². The molecule has 108 valence electrons.